The topological polar surface area (TPSA) is 85.4 Å². The largest absolute Gasteiger partial charge is 0.497 e. The predicted molar refractivity (Wildman–Crippen MR) is 121 cm³/mol. The van der Waals surface area contributed by atoms with Crippen LogP contribution >= 0.6 is 0 Å². The van der Waals surface area contributed by atoms with Crippen LogP contribution < -0.4 is 14.2 Å². The first-order chi connectivity index (χ1) is 15.3. The fourth-order valence-corrected chi connectivity index (χ4v) is 4.96. The number of benzene rings is 2. The van der Waals surface area contributed by atoms with E-state index in [1.807, 2.05) is 17.0 Å². The van der Waals surface area contributed by atoms with Gasteiger partial charge in [0.25, 0.3) is 0 Å². The van der Waals surface area contributed by atoms with Crippen LogP contribution in [-0.4, -0.2) is 65.0 Å². The van der Waals surface area contributed by atoms with Gasteiger partial charge in [0.05, 0.1) is 26.2 Å². The monoisotopic (exact) mass is 462 g/mol. The van der Waals surface area contributed by atoms with Crippen LogP contribution in [0, 0.1) is 0 Å². The van der Waals surface area contributed by atoms with E-state index in [1.54, 1.807) is 26.4 Å². The summed E-state index contributed by atoms with van der Waals surface area (Å²) in [6, 6.07) is 10.2. The van der Waals surface area contributed by atoms with Crippen molar-refractivity contribution in [2.45, 2.75) is 30.7 Å². The van der Waals surface area contributed by atoms with E-state index in [4.69, 9.17) is 14.2 Å². The van der Waals surface area contributed by atoms with Crippen LogP contribution in [0.2, 0.25) is 0 Å². The minimum Gasteiger partial charge on any atom is -0.497 e. The van der Waals surface area contributed by atoms with Gasteiger partial charge in [0.15, 0.2) is 11.5 Å². The lowest BCUT2D eigenvalue weighted by atomic mass is 9.98. The minimum absolute atomic E-state index is 0.0145. The van der Waals surface area contributed by atoms with Crippen molar-refractivity contribution in [2.24, 2.45) is 0 Å². The molecule has 0 saturated heterocycles. The van der Waals surface area contributed by atoms with Gasteiger partial charge in [-0.15, -0.1) is 0 Å². The normalized spacial score (nSPS) is 13.6. The smallest absolute Gasteiger partial charge is 0.242 e. The lowest BCUT2D eigenvalue weighted by Crippen LogP contribution is -2.36. The molecule has 0 bridgehead atoms. The van der Waals surface area contributed by atoms with Crippen LogP contribution in [-0.2, 0) is 27.8 Å². The number of amides is 1. The van der Waals surface area contributed by atoms with E-state index in [1.165, 1.54) is 30.6 Å². The summed E-state index contributed by atoms with van der Waals surface area (Å²) in [5, 5.41) is 0. The standard InChI is InChI=1S/C23H30N2O6S/c1-24(32(27,28)20-9-7-19(29-2)8-10-20)12-5-6-23(26)25-13-11-17-14-21(30-3)22(31-4)15-18(17)16-25/h7-10,14-15H,5-6,11-13,16H2,1-4H3. The van der Waals surface area contributed by atoms with Crippen LogP contribution in [0.25, 0.3) is 0 Å². The molecule has 0 aliphatic carbocycles. The van der Waals surface area contributed by atoms with Gasteiger partial charge in [-0.05, 0) is 60.4 Å². The first-order valence-electron chi connectivity index (χ1n) is 10.4. The second kappa shape index (κ2) is 10.2. The average Bonchev–Trinajstić information content (AvgIpc) is 2.82. The maximum Gasteiger partial charge on any atom is 0.242 e. The van der Waals surface area contributed by atoms with Gasteiger partial charge < -0.3 is 19.1 Å². The lowest BCUT2D eigenvalue weighted by molar-refractivity contribution is -0.132. The van der Waals surface area contributed by atoms with E-state index in [0.717, 1.165) is 17.5 Å². The van der Waals surface area contributed by atoms with Crippen molar-refractivity contribution in [1.82, 2.24) is 9.21 Å². The van der Waals surface area contributed by atoms with Crippen molar-refractivity contribution in [3.63, 3.8) is 0 Å². The third-order valence-electron chi connectivity index (χ3n) is 5.70. The van der Waals surface area contributed by atoms with E-state index in [-0.39, 0.29) is 23.8 Å². The first-order valence-corrected chi connectivity index (χ1v) is 11.9. The zero-order valence-corrected chi connectivity index (χ0v) is 19.8. The number of rotatable bonds is 9. The molecule has 9 heteroatoms. The van der Waals surface area contributed by atoms with Crippen molar-refractivity contribution in [3.8, 4) is 17.2 Å². The van der Waals surface area contributed by atoms with Crippen molar-refractivity contribution in [3.05, 3.63) is 47.5 Å². The predicted octanol–water partition coefficient (Wildman–Crippen LogP) is 2.70. The fraction of sp³-hybridized carbons (Fsp3) is 0.435. The number of ether oxygens (including phenoxy) is 3. The van der Waals surface area contributed by atoms with E-state index in [9.17, 15) is 13.2 Å². The number of sulfonamides is 1. The molecule has 1 amide bonds. The van der Waals surface area contributed by atoms with E-state index < -0.39 is 10.0 Å². The Morgan fingerprint density at radius 1 is 1.00 bits per heavy atom. The third kappa shape index (κ3) is 5.16. The Morgan fingerprint density at radius 2 is 1.62 bits per heavy atom. The first kappa shape index (κ1) is 23.9. The number of nitrogens with zero attached hydrogens (tertiary/aromatic N) is 2. The van der Waals surface area contributed by atoms with Crippen molar-refractivity contribution < 1.29 is 27.4 Å². The third-order valence-corrected chi connectivity index (χ3v) is 7.57. The highest BCUT2D eigenvalue weighted by atomic mass is 32.2. The van der Waals surface area contributed by atoms with Gasteiger partial charge in [-0.1, -0.05) is 0 Å². The average molecular weight is 463 g/mol. The molecule has 1 aliphatic rings. The fourth-order valence-electron chi connectivity index (χ4n) is 3.75. The molecule has 174 valence electrons. The van der Waals surface area contributed by atoms with Gasteiger partial charge in [-0.3, -0.25) is 4.79 Å². The van der Waals surface area contributed by atoms with Crippen LogP contribution in [0.1, 0.15) is 24.0 Å². The molecular formula is C23H30N2O6S. The lowest BCUT2D eigenvalue weighted by Gasteiger charge is -2.30. The molecule has 2 aromatic rings. The number of hydrogen-bond donors (Lipinski definition) is 0. The molecule has 0 N–H and O–H groups in total. The zero-order chi connectivity index (χ0) is 23.3. The second-order valence-electron chi connectivity index (χ2n) is 7.65. The maximum atomic E-state index is 12.7. The molecular weight excluding hydrogens is 432 g/mol. The summed E-state index contributed by atoms with van der Waals surface area (Å²) in [6.45, 7) is 1.39. The highest BCUT2D eigenvalue weighted by Crippen LogP contribution is 2.33. The molecule has 8 nitrogen and oxygen atoms in total. The molecule has 0 radical (unpaired) electrons. The van der Waals surface area contributed by atoms with Crippen LogP contribution in [0.4, 0.5) is 0 Å². The Kier molecular flexibility index (Phi) is 7.63. The number of hydrogen-bond acceptors (Lipinski definition) is 6. The molecule has 0 spiro atoms. The Hall–Kier alpha value is -2.78. The summed E-state index contributed by atoms with van der Waals surface area (Å²) in [7, 11) is 2.64. The van der Waals surface area contributed by atoms with Crippen molar-refractivity contribution in [1.29, 1.82) is 0 Å². The quantitative estimate of drug-likeness (QED) is 0.570. The molecule has 0 atom stereocenters. The summed E-state index contributed by atoms with van der Waals surface area (Å²) < 4.78 is 42.5. The molecule has 0 unspecified atom stereocenters. The van der Waals surface area contributed by atoms with Gasteiger partial charge in [0, 0.05) is 33.1 Å². The summed E-state index contributed by atoms with van der Waals surface area (Å²) >= 11 is 0. The molecule has 0 aromatic heterocycles. The van der Waals surface area contributed by atoms with Gasteiger partial charge in [-0.25, -0.2) is 12.7 Å². The number of carbonyl (C=O) groups excluding carboxylic acids is 1. The highest BCUT2D eigenvalue weighted by molar-refractivity contribution is 7.89. The van der Waals surface area contributed by atoms with Gasteiger partial charge >= 0.3 is 0 Å². The van der Waals surface area contributed by atoms with E-state index >= 15 is 0 Å². The molecule has 0 saturated carbocycles. The molecule has 3 rings (SSSR count). The Bertz CT molecular complexity index is 1050. The minimum atomic E-state index is -3.61. The van der Waals surface area contributed by atoms with Crippen molar-refractivity contribution in [2.75, 3.05) is 41.5 Å². The summed E-state index contributed by atoms with van der Waals surface area (Å²) in [6.07, 6.45) is 1.47. The zero-order valence-electron chi connectivity index (χ0n) is 19.0. The van der Waals surface area contributed by atoms with E-state index in [2.05, 4.69) is 0 Å². The van der Waals surface area contributed by atoms with E-state index in [0.29, 0.717) is 36.8 Å². The van der Waals surface area contributed by atoms with Crippen LogP contribution in [0.15, 0.2) is 41.3 Å². The molecule has 1 aliphatic heterocycles. The number of methoxy groups -OCH3 is 3. The SMILES string of the molecule is COc1ccc(S(=O)(=O)N(C)CCCC(=O)N2CCc3cc(OC)c(OC)cc3C2)cc1. The van der Waals surface area contributed by atoms with Crippen LogP contribution in [0.5, 0.6) is 17.2 Å². The maximum absolute atomic E-state index is 12.7. The molecule has 2 aromatic carbocycles. The Labute approximate surface area is 189 Å². The summed E-state index contributed by atoms with van der Waals surface area (Å²) in [5.41, 5.74) is 2.19. The van der Waals surface area contributed by atoms with Crippen LogP contribution in [0.3, 0.4) is 0 Å². The van der Waals surface area contributed by atoms with Gasteiger partial charge in [-0.2, -0.15) is 0 Å². The molecule has 1 heterocycles. The second-order valence-corrected chi connectivity index (χ2v) is 9.69. The number of carbonyl (C=O) groups is 1. The summed E-state index contributed by atoms with van der Waals surface area (Å²) in [4.78, 5) is 14.8. The van der Waals surface area contributed by atoms with Crippen molar-refractivity contribution >= 4 is 15.9 Å². The Balaban J connectivity index is 1.55. The molecule has 0 fully saturated rings. The van der Waals surface area contributed by atoms with Gasteiger partial charge in [0.2, 0.25) is 15.9 Å². The molecule has 32 heavy (non-hydrogen) atoms. The number of fused-ring (bicyclic) bond motifs is 1. The highest BCUT2D eigenvalue weighted by Gasteiger charge is 2.24. The van der Waals surface area contributed by atoms with Gasteiger partial charge in [0.1, 0.15) is 5.75 Å². The summed E-state index contributed by atoms with van der Waals surface area (Å²) in [5.74, 6) is 1.94. The Morgan fingerprint density at radius 3 is 2.22 bits per heavy atom.